The Morgan fingerprint density at radius 3 is 2.78 bits per heavy atom. The molecule has 1 aliphatic carbocycles. The zero-order valence-electron chi connectivity index (χ0n) is 13.0. The Kier molecular flexibility index (Phi) is 4.81. The fourth-order valence-electron chi connectivity index (χ4n) is 2.64. The smallest absolute Gasteiger partial charge is 0.328 e. The molecule has 1 aliphatic heterocycles. The van der Waals surface area contributed by atoms with Gasteiger partial charge in [0.25, 0.3) is 0 Å². The maximum absolute atomic E-state index is 12.5. The molecule has 3 rings (SSSR count). The lowest BCUT2D eigenvalue weighted by Gasteiger charge is -2.22. The first-order valence-electron chi connectivity index (χ1n) is 7.44. The molecule has 1 saturated heterocycles. The summed E-state index contributed by atoms with van der Waals surface area (Å²) in [6.07, 6.45) is 2.45. The number of rotatable bonds is 6. The van der Waals surface area contributed by atoms with Crippen molar-refractivity contribution in [2.24, 2.45) is 0 Å². The molecule has 0 unspecified atom stereocenters. The van der Waals surface area contributed by atoms with Crippen LogP contribution in [0.1, 0.15) is 25.3 Å². The average molecular weight is 341 g/mol. The number of esters is 1. The summed E-state index contributed by atoms with van der Waals surface area (Å²) in [6, 6.07) is -0.229. The fraction of sp³-hybridized carbons (Fsp3) is 0.769. The standard InChI is InChI=1S/C13H19N5O4S/c1-21-9-5-10(12(20)22-2)17(6-9)11(19)7-23-13-14-15-16-18(13)8-3-4-8/h8-10H,3-7H2,1-2H3/t9-,10-/m1/s1. The predicted octanol–water partition coefficient (Wildman–Crippen LogP) is -0.111. The summed E-state index contributed by atoms with van der Waals surface area (Å²) >= 11 is 1.29. The monoisotopic (exact) mass is 341 g/mol. The number of carbonyl (C=O) groups is 2. The lowest BCUT2D eigenvalue weighted by atomic mass is 10.2. The topological polar surface area (TPSA) is 99.4 Å². The second-order valence-corrected chi connectivity index (χ2v) is 6.55. The minimum absolute atomic E-state index is 0.143. The van der Waals surface area contributed by atoms with Gasteiger partial charge >= 0.3 is 5.97 Å². The SMILES string of the molecule is COC(=O)[C@H]1C[C@@H](OC)CN1C(=O)CSc1nnnn1C1CC1. The molecule has 0 bridgehead atoms. The van der Waals surface area contributed by atoms with Gasteiger partial charge < -0.3 is 14.4 Å². The van der Waals surface area contributed by atoms with Crippen LogP contribution in [0.2, 0.25) is 0 Å². The zero-order valence-corrected chi connectivity index (χ0v) is 13.9. The van der Waals surface area contributed by atoms with Crippen molar-refractivity contribution in [3.05, 3.63) is 0 Å². The van der Waals surface area contributed by atoms with E-state index in [0.717, 1.165) is 12.8 Å². The average Bonchev–Trinajstić information content (AvgIpc) is 3.14. The number of methoxy groups -OCH3 is 2. The first-order chi connectivity index (χ1) is 11.1. The van der Waals surface area contributed by atoms with E-state index in [1.807, 2.05) is 0 Å². The molecule has 23 heavy (non-hydrogen) atoms. The molecule has 1 aromatic rings. The second-order valence-electron chi connectivity index (χ2n) is 5.60. The number of hydrogen-bond acceptors (Lipinski definition) is 8. The Morgan fingerprint density at radius 2 is 2.13 bits per heavy atom. The van der Waals surface area contributed by atoms with E-state index in [1.165, 1.54) is 23.8 Å². The van der Waals surface area contributed by atoms with Gasteiger partial charge in [-0.3, -0.25) is 4.79 Å². The van der Waals surface area contributed by atoms with E-state index in [2.05, 4.69) is 15.5 Å². The Hall–Kier alpha value is -1.68. The van der Waals surface area contributed by atoms with Crippen LogP contribution >= 0.6 is 11.8 Å². The van der Waals surface area contributed by atoms with Gasteiger partial charge in [0, 0.05) is 20.1 Å². The quantitative estimate of drug-likeness (QED) is 0.522. The largest absolute Gasteiger partial charge is 0.467 e. The van der Waals surface area contributed by atoms with E-state index in [0.29, 0.717) is 24.2 Å². The van der Waals surface area contributed by atoms with Gasteiger partial charge in [0.05, 0.1) is 25.0 Å². The first-order valence-corrected chi connectivity index (χ1v) is 8.43. The number of likely N-dealkylation sites (tertiary alicyclic amines) is 1. The van der Waals surface area contributed by atoms with Crippen molar-refractivity contribution in [1.82, 2.24) is 25.1 Å². The highest BCUT2D eigenvalue weighted by molar-refractivity contribution is 7.99. The van der Waals surface area contributed by atoms with Gasteiger partial charge in [-0.25, -0.2) is 9.48 Å². The van der Waals surface area contributed by atoms with E-state index in [9.17, 15) is 9.59 Å². The summed E-state index contributed by atoms with van der Waals surface area (Å²) in [6.45, 7) is 0.392. The minimum atomic E-state index is -0.586. The molecule has 1 amide bonds. The van der Waals surface area contributed by atoms with Crippen molar-refractivity contribution in [3.63, 3.8) is 0 Å². The summed E-state index contributed by atoms with van der Waals surface area (Å²) in [5.74, 6) is -0.377. The van der Waals surface area contributed by atoms with Gasteiger partial charge in [-0.1, -0.05) is 11.8 Å². The van der Waals surface area contributed by atoms with Crippen molar-refractivity contribution in [1.29, 1.82) is 0 Å². The van der Waals surface area contributed by atoms with Crippen LogP contribution in [0.3, 0.4) is 0 Å². The fourth-order valence-corrected chi connectivity index (χ4v) is 3.47. The van der Waals surface area contributed by atoms with E-state index < -0.39 is 12.0 Å². The highest BCUT2D eigenvalue weighted by atomic mass is 32.2. The Balaban J connectivity index is 1.61. The van der Waals surface area contributed by atoms with Gasteiger partial charge in [-0.15, -0.1) is 5.10 Å². The number of carbonyl (C=O) groups excluding carboxylic acids is 2. The Bertz CT molecular complexity index is 591. The Morgan fingerprint density at radius 1 is 1.35 bits per heavy atom. The van der Waals surface area contributed by atoms with Crippen molar-refractivity contribution < 1.29 is 19.1 Å². The molecule has 2 aliphatic rings. The van der Waals surface area contributed by atoms with Crippen molar-refractivity contribution in [3.8, 4) is 0 Å². The Labute approximate surface area is 137 Å². The molecule has 9 nitrogen and oxygen atoms in total. The molecule has 0 N–H and O–H groups in total. The second kappa shape index (κ2) is 6.83. The van der Waals surface area contributed by atoms with Crippen LogP contribution in [-0.4, -0.2) is 75.6 Å². The van der Waals surface area contributed by atoms with Crippen LogP contribution in [0.5, 0.6) is 0 Å². The maximum Gasteiger partial charge on any atom is 0.328 e. The number of aromatic nitrogens is 4. The molecule has 0 aromatic carbocycles. The van der Waals surface area contributed by atoms with Crippen molar-refractivity contribution in [2.45, 2.75) is 42.6 Å². The molecular formula is C13H19N5O4S. The number of tetrazole rings is 1. The molecule has 0 radical (unpaired) electrons. The zero-order chi connectivity index (χ0) is 16.4. The van der Waals surface area contributed by atoms with Gasteiger partial charge in [-0.05, 0) is 23.3 Å². The maximum atomic E-state index is 12.5. The van der Waals surface area contributed by atoms with E-state index in [-0.39, 0.29) is 17.8 Å². The van der Waals surface area contributed by atoms with Crippen LogP contribution in [0.15, 0.2) is 5.16 Å². The summed E-state index contributed by atoms with van der Waals surface area (Å²) in [7, 11) is 2.90. The molecular weight excluding hydrogens is 322 g/mol. The minimum Gasteiger partial charge on any atom is -0.467 e. The third kappa shape index (κ3) is 3.47. The highest BCUT2D eigenvalue weighted by Gasteiger charge is 2.40. The van der Waals surface area contributed by atoms with E-state index >= 15 is 0 Å². The number of ether oxygens (including phenoxy) is 2. The predicted molar refractivity (Wildman–Crippen MR) is 79.7 cm³/mol. The lowest BCUT2D eigenvalue weighted by molar-refractivity contribution is -0.150. The van der Waals surface area contributed by atoms with Gasteiger partial charge in [0.1, 0.15) is 6.04 Å². The van der Waals surface area contributed by atoms with E-state index in [4.69, 9.17) is 9.47 Å². The number of amides is 1. The van der Waals surface area contributed by atoms with Gasteiger partial charge in [0.2, 0.25) is 11.1 Å². The van der Waals surface area contributed by atoms with Crippen LogP contribution in [-0.2, 0) is 19.1 Å². The summed E-state index contributed by atoms with van der Waals surface area (Å²) in [5, 5.41) is 12.2. The number of hydrogen-bond donors (Lipinski definition) is 0. The third-order valence-corrected chi connectivity index (χ3v) is 4.99. The lowest BCUT2D eigenvalue weighted by Crippen LogP contribution is -2.42. The highest BCUT2D eigenvalue weighted by Crippen LogP contribution is 2.36. The van der Waals surface area contributed by atoms with Crippen LogP contribution in [0.25, 0.3) is 0 Å². The molecule has 2 fully saturated rings. The molecule has 0 spiro atoms. The first kappa shape index (κ1) is 16.2. The van der Waals surface area contributed by atoms with Crippen molar-refractivity contribution >= 4 is 23.6 Å². The van der Waals surface area contributed by atoms with Gasteiger partial charge in [0.15, 0.2) is 0 Å². The number of thioether (sulfide) groups is 1. The van der Waals surface area contributed by atoms with Crippen LogP contribution in [0, 0.1) is 0 Å². The van der Waals surface area contributed by atoms with Crippen LogP contribution in [0.4, 0.5) is 0 Å². The molecule has 2 atom stereocenters. The molecule has 1 saturated carbocycles. The summed E-state index contributed by atoms with van der Waals surface area (Å²) < 4.78 is 11.8. The molecule has 1 aromatic heterocycles. The molecule has 126 valence electrons. The summed E-state index contributed by atoms with van der Waals surface area (Å²) in [5.41, 5.74) is 0. The third-order valence-electron chi connectivity index (χ3n) is 4.07. The molecule has 2 heterocycles. The normalized spacial score (nSPS) is 24.0. The van der Waals surface area contributed by atoms with E-state index in [1.54, 1.807) is 11.8 Å². The summed E-state index contributed by atoms with van der Waals surface area (Å²) in [4.78, 5) is 25.9. The van der Waals surface area contributed by atoms with Gasteiger partial charge in [-0.2, -0.15) is 0 Å². The van der Waals surface area contributed by atoms with Crippen LogP contribution < -0.4 is 0 Å². The number of nitrogens with zero attached hydrogens (tertiary/aromatic N) is 5. The van der Waals surface area contributed by atoms with Crippen molar-refractivity contribution in [2.75, 3.05) is 26.5 Å². The molecule has 10 heteroatoms.